The Morgan fingerprint density at radius 3 is 2.82 bits per heavy atom. The minimum absolute atomic E-state index is 0.182. The molecule has 1 N–H and O–H groups in total. The summed E-state index contributed by atoms with van der Waals surface area (Å²) in [6.45, 7) is 3.11. The van der Waals surface area contributed by atoms with Crippen LogP contribution in [-0.2, 0) is 15.5 Å². The van der Waals surface area contributed by atoms with E-state index in [-0.39, 0.29) is 10.9 Å². The van der Waals surface area contributed by atoms with E-state index in [9.17, 15) is 9.00 Å². The van der Waals surface area contributed by atoms with Crippen molar-refractivity contribution in [3.63, 3.8) is 0 Å². The van der Waals surface area contributed by atoms with E-state index in [1.54, 1.807) is 0 Å². The van der Waals surface area contributed by atoms with Crippen molar-refractivity contribution in [2.75, 3.05) is 19.0 Å². The molecule has 17 heavy (non-hydrogen) atoms. The molecule has 1 heterocycles. The van der Waals surface area contributed by atoms with Gasteiger partial charge in [0.2, 0.25) is 5.76 Å². The van der Waals surface area contributed by atoms with E-state index in [4.69, 9.17) is 14.3 Å². The highest BCUT2D eigenvalue weighted by Gasteiger charge is 2.13. The largest absolute Gasteiger partial charge is 0.475 e. The molecule has 6 heteroatoms. The minimum Gasteiger partial charge on any atom is -0.475 e. The Morgan fingerprint density at radius 2 is 2.24 bits per heavy atom. The summed E-state index contributed by atoms with van der Waals surface area (Å²) >= 11 is 0. The van der Waals surface area contributed by atoms with E-state index < -0.39 is 16.8 Å². The van der Waals surface area contributed by atoms with Crippen LogP contribution in [0.2, 0.25) is 0 Å². The number of hydrogen-bond acceptors (Lipinski definition) is 4. The number of carbonyl (C=O) groups is 1. The fourth-order valence-electron chi connectivity index (χ4n) is 1.14. The molecule has 1 rings (SSSR count). The van der Waals surface area contributed by atoms with Crippen LogP contribution in [0.3, 0.4) is 0 Å². The van der Waals surface area contributed by atoms with Crippen molar-refractivity contribution in [3.05, 3.63) is 17.9 Å². The first-order valence-corrected chi connectivity index (χ1v) is 6.76. The summed E-state index contributed by atoms with van der Waals surface area (Å²) in [6, 6.07) is 2.72. The first kappa shape index (κ1) is 13.9. The average Bonchev–Trinajstić information content (AvgIpc) is 2.78. The van der Waals surface area contributed by atoms with Gasteiger partial charge in [-0.1, -0.05) is 13.3 Å². The van der Waals surface area contributed by atoms with Crippen molar-refractivity contribution in [1.82, 2.24) is 0 Å². The molecule has 0 amide bonds. The first-order valence-electron chi connectivity index (χ1n) is 5.44. The van der Waals surface area contributed by atoms with Crippen LogP contribution in [0.5, 0.6) is 0 Å². The van der Waals surface area contributed by atoms with Gasteiger partial charge in [-0.05, 0) is 18.6 Å². The van der Waals surface area contributed by atoms with Gasteiger partial charge in [0, 0.05) is 6.61 Å². The molecule has 0 saturated carbocycles. The summed E-state index contributed by atoms with van der Waals surface area (Å²) in [5.41, 5.74) is 0. The molecule has 0 fully saturated rings. The lowest BCUT2D eigenvalue weighted by Crippen LogP contribution is -2.06. The standard InChI is InChI=1S/C11H16O5S/c1-2-3-6-15-7-8-17(14)10-5-4-9(16-10)11(12)13/h4-5H,2-3,6-8H2,1H3,(H,12,13). The Balaban J connectivity index is 2.34. The molecule has 0 saturated heterocycles. The van der Waals surface area contributed by atoms with Gasteiger partial charge < -0.3 is 14.3 Å². The zero-order valence-corrected chi connectivity index (χ0v) is 10.5. The highest BCUT2D eigenvalue weighted by Crippen LogP contribution is 2.12. The van der Waals surface area contributed by atoms with Crippen LogP contribution in [0.1, 0.15) is 30.3 Å². The van der Waals surface area contributed by atoms with Crippen molar-refractivity contribution in [3.8, 4) is 0 Å². The average molecular weight is 260 g/mol. The molecule has 0 aliphatic carbocycles. The van der Waals surface area contributed by atoms with Gasteiger partial charge in [-0.15, -0.1) is 0 Å². The number of carboxylic acids is 1. The van der Waals surface area contributed by atoms with Crippen molar-refractivity contribution in [1.29, 1.82) is 0 Å². The van der Waals surface area contributed by atoms with Crippen LogP contribution < -0.4 is 0 Å². The van der Waals surface area contributed by atoms with E-state index in [2.05, 4.69) is 6.92 Å². The van der Waals surface area contributed by atoms with E-state index in [1.807, 2.05) is 0 Å². The molecule has 0 spiro atoms. The van der Waals surface area contributed by atoms with Crippen molar-refractivity contribution in [2.45, 2.75) is 24.9 Å². The van der Waals surface area contributed by atoms with Gasteiger partial charge in [-0.3, -0.25) is 4.21 Å². The van der Waals surface area contributed by atoms with E-state index >= 15 is 0 Å². The predicted molar refractivity (Wildman–Crippen MR) is 62.7 cm³/mol. The SMILES string of the molecule is CCCCOCCS(=O)c1ccc(C(=O)O)o1. The lowest BCUT2D eigenvalue weighted by atomic mass is 10.4. The Morgan fingerprint density at radius 1 is 1.47 bits per heavy atom. The third-order valence-electron chi connectivity index (χ3n) is 2.07. The molecule has 1 aromatic heterocycles. The summed E-state index contributed by atoms with van der Waals surface area (Å²) in [5.74, 6) is -1.04. The second kappa shape index (κ2) is 7.24. The quantitative estimate of drug-likeness (QED) is 0.722. The minimum atomic E-state index is -1.34. The fraction of sp³-hybridized carbons (Fsp3) is 0.545. The lowest BCUT2D eigenvalue weighted by molar-refractivity contribution is 0.0656. The lowest BCUT2D eigenvalue weighted by Gasteiger charge is -2.01. The predicted octanol–water partition coefficient (Wildman–Crippen LogP) is 1.90. The maximum atomic E-state index is 11.7. The molecular formula is C11H16O5S. The summed E-state index contributed by atoms with van der Waals surface area (Å²) in [4.78, 5) is 10.6. The van der Waals surface area contributed by atoms with Crippen LogP contribution in [0.4, 0.5) is 0 Å². The number of unbranched alkanes of at least 4 members (excludes halogenated alkanes) is 1. The molecule has 0 aliphatic heterocycles. The third kappa shape index (κ3) is 4.70. The molecule has 1 atom stereocenters. The number of hydrogen-bond donors (Lipinski definition) is 1. The number of carboxylic acid groups (broad SMARTS) is 1. The Bertz CT molecular complexity index is 385. The number of furan rings is 1. The summed E-state index contributed by atoms with van der Waals surface area (Å²) in [6.07, 6.45) is 2.04. The molecule has 1 unspecified atom stereocenters. The highest BCUT2D eigenvalue weighted by molar-refractivity contribution is 7.84. The van der Waals surface area contributed by atoms with Gasteiger partial charge >= 0.3 is 5.97 Å². The van der Waals surface area contributed by atoms with E-state index in [0.29, 0.717) is 19.0 Å². The smallest absolute Gasteiger partial charge is 0.371 e. The maximum absolute atomic E-state index is 11.7. The van der Waals surface area contributed by atoms with Crippen molar-refractivity contribution < 1.29 is 23.3 Å². The molecule has 0 radical (unpaired) electrons. The summed E-state index contributed by atoms with van der Waals surface area (Å²) in [5, 5.41) is 8.82. The van der Waals surface area contributed by atoms with Crippen molar-refractivity contribution >= 4 is 16.8 Å². The summed E-state index contributed by atoms with van der Waals surface area (Å²) in [7, 11) is -1.34. The van der Waals surface area contributed by atoms with Crippen molar-refractivity contribution in [2.24, 2.45) is 0 Å². The van der Waals surface area contributed by atoms with Gasteiger partial charge in [-0.2, -0.15) is 0 Å². The van der Waals surface area contributed by atoms with Crippen LogP contribution in [0.25, 0.3) is 0 Å². The number of rotatable bonds is 8. The van der Waals surface area contributed by atoms with E-state index in [0.717, 1.165) is 12.8 Å². The topological polar surface area (TPSA) is 76.7 Å². The maximum Gasteiger partial charge on any atom is 0.371 e. The van der Waals surface area contributed by atoms with Gasteiger partial charge in [0.25, 0.3) is 0 Å². The second-order valence-electron chi connectivity index (χ2n) is 3.44. The third-order valence-corrected chi connectivity index (χ3v) is 3.28. The summed E-state index contributed by atoms with van der Waals surface area (Å²) < 4.78 is 21.9. The zero-order valence-electron chi connectivity index (χ0n) is 9.68. The Hall–Kier alpha value is -1.14. The molecular weight excluding hydrogens is 244 g/mol. The first-order chi connectivity index (χ1) is 8.15. The Labute approximate surface area is 102 Å². The molecule has 96 valence electrons. The molecule has 5 nitrogen and oxygen atoms in total. The van der Waals surface area contributed by atoms with Crippen LogP contribution in [0, 0.1) is 0 Å². The van der Waals surface area contributed by atoms with Crippen LogP contribution in [0.15, 0.2) is 21.6 Å². The van der Waals surface area contributed by atoms with Gasteiger partial charge in [0.05, 0.1) is 23.2 Å². The normalized spacial score (nSPS) is 12.5. The monoisotopic (exact) mass is 260 g/mol. The van der Waals surface area contributed by atoms with Gasteiger partial charge in [-0.25, -0.2) is 4.79 Å². The van der Waals surface area contributed by atoms with E-state index in [1.165, 1.54) is 12.1 Å². The molecule has 1 aromatic rings. The highest BCUT2D eigenvalue weighted by atomic mass is 32.2. The molecule has 0 aromatic carbocycles. The fourth-order valence-corrected chi connectivity index (χ4v) is 2.01. The zero-order chi connectivity index (χ0) is 12.7. The number of aromatic carboxylic acids is 1. The van der Waals surface area contributed by atoms with Gasteiger partial charge in [0.1, 0.15) is 0 Å². The Kier molecular flexibility index (Phi) is 5.93. The van der Waals surface area contributed by atoms with Crippen LogP contribution in [-0.4, -0.2) is 34.3 Å². The molecule has 0 aliphatic rings. The van der Waals surface area contributed by atoms with Gasteiger partial charge in [0.15, 0.2) is 5.09 Å². The van der Waals surface area contributed by atoms with Crippen LogP contribution >= 0.6 is 0 Å². The second-order valence-corrected chi connectivity index (χ2v) is 4.94. The number of ether oxygens (including phenoxy) is 1. The molecule has 0 bridgehead atoms.